The van der Waals surface area contributed by atoms with Crippen LogP contribution in [0.1, 0.15) is 5.69 Å². The maximum absolute atomic E-state index is 6.10. The quantitative estimate of drug-likeness (QED) is 0.467. The van der Waals surface area contributed by atoms with Gasteiger partial charge in [0.1, 0.15) is 23.1 Å². The van der Waals surface area contributed by atoms with Crippen molar-refractivity contribution in [1.29, 1.82) is 0 Å². The van der Waals surface area contributed by atoms with Crippen LogP contribution in [-0.4, -0.2) is 12.1 Å². The van der Waals surface area contributed by atoms with Crippen molar-refractivity contribution in [2.45, 2.75) is 6.61 Å². The molecule has 2 aromatic carbocycles. The Hall–Kier alpha value is -1.46. The Morgan fingerprint density at radius 2 is 1.71 bits per heavy atom. The lowest BCUT2D eigenvalue weighted by Crippen LogP contribution is -1.96. The van der Waals surface area contributed by atoms with E-state index in [2.05, 4.69) is 4.98 Å². The predicted molar refractivity (Wildman–Crippen MR) is 99.9 cm³/mol. The molecule has 0 aliphatic heterocycles. The van der Waals surface area contributed by atoms with Crippen LogP contribution in [0.5, 0.6) is 11.5 Å². The number of hydrogen-bond donors (Lipinski definition) is 0. The third-order valence-electron chi connectivity index (χ3n) is 3.24. The van der Waals surface area contributed by atoms with Crippen molar-refractivity contribution in [1.82, 2.24) is 4.98 Å². The molecule has 0 fully saturated rings. The topological polar surface area (TPSA) is 31.4 Å². The number of thiazole rings is 1. The number of nitrogens with zero attached hydrogens (tertiary/aromatic N) is 1. The first-order valence-electron chi connectivity index (χ1n) is 6.93. The van der Waals surface area contributed by atoms with Crippen molar-refractivity contribution in [2.75, 3.05) is 7.11 Å². The summed E-state index contributed by atoms with van der Waals surface area (Å²) in [6.45, 7) is 0.296. The lowest BCUT2D eigenvalue weighted by atomic mass is 10.2. The summed E-state index contributed by atoms with van der Waals surface area (Å²) in [6, 6.07) is 10.9. The van der Waals surface area contributed by atoms with Crippen LogP contribution in [0.15, 0.2) is 41.8 Å². The van der Waals surface area contributed by atoms with Crippen LogP contribution < -0.4 is 9.47 Å². The van der Waals surface area contributed by atoms with E-state index in [-0.39, 0.29) is 0 Å². The van der Waals surface area contributed by atoms with E-state index in [9.17, 15) is 0 Å². The zero-order valence-corrected chi connectivity index (χ0v) is 15.6. The van der Waals surface area contributed by atoms with Gasteiger partial charge in [0.25, 0.3) is 0 Å². The van der Waals surface area contributed by atoms with Gasteiger partial charge in [0, 0.05) is 17.0 Å². The highest BCUT2D eigenvalue weighted by atomic mass is 35.5. The van der Waals surface area contributed by atoms with E-state index in [1.54, 1.807) is 30.6 Å². The van der Waals surface area contributed by atoms with E-state index >= 15 is 0 Å². The second-order valence-corrected chi connectivity index (χ2v) is 6.94. The van der Waals surface area contributed by atoms with Crippen LogP contribution in [0.2, 0.25) is 15.1 Å². The molecule has 1 aromatic heterocycles. The Morgan fingerprint density at radius 1 is 1.00 bits per heavy atom. The summed E-state index contributed by atoms with van der Waals surface area (Å²) in [5, 5.41) is 4.06. The van der Waals surface area contributed by atoms with Gasteiger partial charge >= 0.3 is 0 Å². The Balaban J connectivity index is 1.71. The number of hydrogen-bond acceptors (Lipinski definition) is 4. The summed E-state index contributed by atoms with van der Waals surface area (Å²) in [4.78, 5) is 4.57. The highest BCUT2D eigenvalue weighted by Crippen LogP contribution is 2.34. The molecule has 0 spiro atoms. The van der Waals surface area contributed by atoms with Gasteiger partial charge < -0.3 is 9.47 Å². The second kappa shape index (κ2) is 7.62. The molecule has 0 N–H and O–H groups in total. The van der Waals surface area contributed by atoms with Crippen molar-refractivity contribution in [3.05, 3.63) is 62.5 Å². The molecule has 0 saturated heterocycles. The molecular weight excluding hydrogens is 389 g/mol. The lowest BCUT2D eigenvalue weighted by molar-refractivity contribution is 0.302. The monoisotopic (exact) mass is 399 g/mol. The first kappa shape index (κ1) is 17.4. The molecule has 0 atom stereocenters. The molecule has 3 nitrogen and oxygen atoms in total. The standard InChI is InChI=1S/C17H12Cl3NO2S/c1-22-12-4-2-10(3-5-12)17-21-11(9-24-17)8-23-16-7-14(19)13(18)6-15(16)20/h2-7,9H,8H2,1H3. The zero-order valence-electron chi connectivity index (χ0n) is 12.6. The molecule has 0 saturated carbocycles. The van der Waals surface area contributed by atoms with Gasteiger partial charge in [-0.1, -0.05) is 34.8 Å². The largest absolute Gasteiger partial charge is 0.497 e. The van der Waals surface area contributed by atoms with Gasteiger partial charge in [-0.05, 0) is 30.3 Å². The molecule has 0 unspecified atom stereocenters. The van der Waals surface area contributed by atoms with Gasteiger partial charge in [0.2, 0.25) is 0 Å². The molecule has 7 heteroatoms. The van der Waals surface area contributed by atoms with Crippen LogP contribution in [0, 0.1) is 0 Å². The molecule has 3 aromatic rings. The first-order valence-corrected chi connectivity index (χ1v) is 8.94. The SMILES string of the molecule is COc1ccc(-c2nc(COc3cc(Cl)c(Cl)cc3Cl)cs2)cc1. The minimum atomic E-state index is 0.296. The minimum absolute atomic E-state index is 0.296. The van der Waals surface area contributed by atoms with E-state index in [0.29, 0.717) is 27.4 Å². The minimum Gasteiger partial charge on any atom is -0.497 e. The fourth-order valence-electron chi connectivity index (χ4n) is 2.01. The normalized spacial score (nSPS) is 10.7. The van der Waals surface area contributed by atoms with Crippen LogP contribution in [0.25, 0.3) is 10.6 Å². The number of methoxy groups -OCH3 is 1. The molecule has 0 aliphatic rings. The Morgan fingerprint density at radius 3 is 2.42 bits per heavy atom. The van der Waals surface area contributed by atoms with Crippen molar-refractivity contribution >= 4 is 46.1 Å². The van der Waals surface area contributed by atoms with E-state index in [1.807, 2.05) is 29.6 Å². The van der Waals surface area contributed by atoms with Crippen LogP contribution in [0.4, 0.5) is 0 Å². The van der Waals surface area contributed by atoms with Crippen LogP contribution in [-0.2, 0) is 6.61 Å². The summed E-state index contributed by atoms with van der Waals surface area (Å²) in [5.74, 6) is 1.29. The number of halogens is 3. The van der Waals surface area contributed by atoms with Crippen molar-refractivity contribution in [3.63, 3.8) is 0 Å². The van der Waals surface area contributed by atoms with Gasteiger partial charge in [-0.2, -0.15) is 0 Å². The molecule has 0 amide bonds. The molecule has 1 heterocycles. The average molecular weight is 401 g/mol. The summed E-state index contributed by atoms with van der Waals surface area (Å²) >= 11 is 19.5. The lowest BCUT2D eigenvalue weighted by Gasteiger charge is -2.08. The molecule has 124 valence electrons. The van der Waals surface area contributed by atoms with Crippen LogP contribution >= 0.6 is 46.1 Å². The first-order chi connectivity index (χ1) is 11.6. The fraction of sp³-hybridized carbons (Fsp3) is 0.118. The highest BCUT2D eigenvalue weighted by Gasteiger charge is 2.10. The van der Waals surface area contributed by atoms with Gasteiger partial charge in [0.05, 0.1) is 27.9 Å². The zero-order chi connectivity index (χ0) is 17.1. The van der Waals surface area contributed by atoms with Crippen molar-refractivity contribution < 1.29 is 9.47 Å². The third kappa shape index (κ3) is 3.95. The third-order valence-corrected chi connectivity index (χ3v) is 5.20. The Labute approximate surface area is 158 Å². The molecule has 0 radical (unpaired) electrons. The predicted octanol–water partition coefficient (Wildman–Crippen LogP) is 6.36. The van der Waals surface area contributed by atoms with E-state index in [0.717, 1.165) is 22.0 Å². The smallest absolute Gasteiger partial charge is 0.140 e. The maximum Gasteiger partial charge on any atom is 0.140 e. The van der Waals surface area contributed by atoms with Gasteiger partial charge in [0.15, 0.2) is 0 Å². The molecule has 0 bridgehead atoms. The van der Waals surface area contributed by atoms with Crippen molar-refractivity contribution in [2.24, 2.45) is 0 Å². The van der Waals surface area contributed by atoms with E-state index in [4.69, 9.17) is 44.3 Å². The Kier molecular flexibility index (Phi) is 5.51. The molecule has 0 aliphatic carbocycles. The van der Waals surface area contributed by atoms with E-state index < -0.39 is 0 Å². The number of benzene rings is 2. The molecule has 3 rings (SSSR count). The summed E-state index contributed by atoms with van der Waals surface area (Å²) in [7, 11) is 1.64. The van der Waals surface area contributed by atoms with E-state index in [1.165, 1.54) is 0 Å². The molecule has 24 heavy (non-hydrogen) atoms. The van der Waals surface area contributed by atoms with Crippen LogP contribution in [0.3, 0.4) is 0 Å². The number of rotatable bonds is 5. The van der Waals surface area contributed by atoms with Gasteiger partial charge in [-0.3, -0.25) is 0 Å². The van der Waals surface area contributed by atoms with Gasteiger partial charge in [-0.25, -0.2) is 4.98 Å². The highest BCUT2D eigenvalue weighted by molar-refractivity contribution is 7.13. The summed E-state index contributed by atoms with van der Waals surface area (Å²) in [5.41, 5.74) is 1.84. The maximum atomic E-state index is 6.10. The second-order valence-electron chi connectivity index (χ2n) is 4.86. The summed E-state index contributed by atoms with van der Waals surface area (Å²) < 4.78 is 10.9. The number of ether oxygens (including phenoxy) is 2. The van der Waals surface area contributed by atoms with Crippen molar-refractivity contribution in [3.8, 4) is 22.1 Å². The van der Waals surface area contributed by atoms with Gasteiger partial charge in [-0.15, -0.1) is 11.3 Å². The average Bonchev–Trinajstić information content (AvgIpc) is 3.06. The molecular formula is C17H12Cl3NO2S. The Bertz CT molecular complexity index is 850. The summed E-state index contributed by atoms with van der Waals surface area (Å²) in [6.07, 6.45) is 0. The number of aromatic nitrogens is 1. The fourth-order valence-corrected chi connectivity index (χ4v) is 3.41.